The van der Waals surface area contributed by atoms with Crippen molar-refractivity contribution >= 4 is 0 Å². The monoisotopic (exact) mass is 274 g/mol. The van der Waals surface area contributed by atoms with Gasteiger partial charge in [-0.1, -0.05) is 17.7 Å². The average molecular weight is 274 g/mol. The third-order valence-corrected chi connectivity index (χ3v) is 4.88. The van der Waals surface area contributed by atoms with Gasteiger partial charge in [-0.15, -0.1) is 0 Å². The Morgan fingerprint density at radius 1 is 1.20 bits per heavy atom. The van der Waals surface area contributed by atoms with Crippen LogP contribution >= 0.6 is 0 Å². The molecule has 2 aliphatic rings. The molecule has 3 heteroatoms. The summed E-state index contributed by atoms with van der Waals surface area (Å²) in [5.74, 6) is 1.16. The predicted molar refractivity (Wildman–Crippen MR) is 82.3 cm³/mol. The fourth-order valence-electron chi connectivity index (χ4n) is 3.72. The van der Waals surface area contributed by atoms with Gasteiger partial charge >= 0.3 is 0 Å². The van der Waals surface area contributed by atoms with Crippen molar-refractivity contribution in [1.82, 2.24) is 4.90 Å². The third-order valence-electron chi connectivity index (χ3n) is 4.88. The number of hydrogen-bond donors (Lipinski definition) is 1. The zero-order chi connectivity index (χ0) is 14.2. The molecular weight excluding hydrogens is 248 g/mol. The summed E-state index contributed by atoms with van der Waals surface area (Å²) in [6.07, 6.45) is 4.60. The standard InChI is InChI=1S/C17H26N2O/c1-13-11-14(2)16-15(12-13)3-4-17(20-16)5-8-19(9-6-17)10-7-18/h11-12H,3-10,18H2,1-2H3. The lowest BCUT2D eigenvalue weighted by atomic mass is 9.82. The van der Waals surface area contributed by atoms with Gasteiger partial charge in [0.05, 0.1) is 0 Å². The topological polar surface area (TPSA) is 38.5 Å². The van der Waals surface area contributed by atoms with E-state index in [4.69, 9.17) is 10.5 Å². The molecule has 2 aliphatic heterocycles. The van der Waals surface area contributed by atoms with E-state index in [9.17, 15) is 0 Å². The Hall–Kier alpha value is -1.06. The average Bonchev–Trinajstić information content (AvgIpc) is 2.43. The minimum absolute atomic E-state index is 0.0815. The van der Waals surface area contributed by atoms with E-state index in [1.54, 1.807) is 0 Å². The number of aryl methyl sites for hydroxylation is 3. The van der Waals surface area contributed by atoms with Crippen molar-refractivity contribution in [1.29, 1.82) is 0 Å². The molecule has 0 amide bonds. The first kappa shape index (κ1) is 13.9. The van der Waals surface area contributed by atoms with Gasteiger partial charge in [0.2, 0.25) is 0 Å². The maximum absolute atomic E-state index is 6.51. The number of piperidine rings is 1. The molecule has 3 nitrogen and oxygen atoms in total. The van der Waals surface area contributed by atoms with Crippen LogP contribution in [0.2, 0.25) is 0 Å². The quantitative estimate of drug-likeness (QED) is 0.900. The van der Waals surface area contributed by atoms with E-state index in [-0.39, 0.29) is 5.60 Å². The Kier molecular flexibility index (Phi) is 3.74. The predicted octanol–water partition coefficient (Wildman–Crippen LogP) is 2.42. The molecule has 0 aromatic heterocycles. The van der Waals surface area contributed by atoms with Gasteiger partial charge in [-0.2, -0.15) is 0 Å². The molecule has 2 heterocycles. The van der Waals surface area contributed by atoms with Gasteiger partial charge in [-0.05, 0) is 50.7 Å². The van der Waals surface area contributed by atoms with Crippen molar-refractivity contribution in [3.8, 4) is 5.75 Å². The van der Waals surface area contributed by atoms with Gasteiger partial charge in [-0.3, -0.25) is 0 Å². The molecule has 0 aliphatic carbocycles. The van der Waals surface area contributed by atoms with E-state index < -0.39 is 0 Å². The van der Waals surface area contributed by atoms with Crippen LogP contribution in [0.1, 0.15) is 36.0 Å². The Balaban J connectivity index is 1.76. The molecule has 0 radical (unpaired) electrons. The first-order valence-corrected chi connectivity index (χ1v) is 7.83. The molecule has 3 rings (SSSR count). The largest absolute Gasteiger partial charge is 0.487 e. The molecule has 1 aromatic carbocycles. The van der Waals surface area contributed by atoms with Gasteiger partial charge in [0.25, 0.3) is 0 Å². The van der Waals surface area contributed by atoms with Crippen LogP contribution < -0.4 is 10.5 Å². The highest BCUT2D eigenvalue weighted by atomic mass is 16.5. The van der Waals surface area contributed by atoms with Gasteiger partial charge in [0.1, 0.15) is 11.4 Å². The summed E-state index contributed by atoms with van der Waals surface area (Å²) in [6, 6.07) is 4.53. The maximum atomic E-state index is 6.51. The van der Waals surface area contributed by atoms with E-state index in [0.29, 0.717) is 0 Å². The van der Waals surface area contributed by atoms with Crippen LogP contribution in [0.4, 0.5) is 0 Å². The Morgan fingerprint density at radius 3 is 2.65 bits per heavy atom. The molecule has 1 saturated heterocycles. The van der Waals surface area contributed by atoms with Crippen LogP contribution in [-0.4, -0.2) is 36.7 Å². The molecular formula is C17H26N2O. The maximum Gasteiger partial charge on any atom is 0.126 e. The minimum Gasteiger partial charge on any atom is -0.487 e. The molecule has 0 unspecified atom stereocenters. The van der Waals surface area contributed by atoms with Gasteiger partial charge in [0, 0.05) is 26.2 Å². The molecule has 1 aromatic rings. The Morgan fingerprint density at radius 2 is 1.95 bits per heavy atom. The van der Waals surface area contributed by atoms with E-state index in [0.717, 1.165) is 51.2 Å². The fraction of sp³-hybridized carbons (Fsp3) is 0.647. The van der Waals surface area contributed by atoms with Gasteiger partial charge < -0.3 is 15.4 Å². The number of nitrogens with two attached hydrogens (primary N) is 1. The van der Waals surface area contributed by atoms with E-state index in [1.165, 1.54) is 23.1 Å². The normalized spacial score (nSPS) is 21.6. The van der Waals surface area contributed by atoms with E-state index in [2.05, 4.69) is 30.9 Å². The highest BCUT2D eigenvalue weighted by molar-refractivity contribution is 5.45. The summed E-state index contributed by atoms with van der Waals surface area (Å²) in [6.45, 7) is 8.37. The van der Waals surface area contributed by atoms with E-state index >= 15 is 0 Å². The van der Waals surface area contributed by atoms with Gasteiger partial charge in [0.15, 0.2) is 0 Å². The van der Waals surface area contributed by atoms with Crippen LogP contribution in [-0.2, 0) is 6.42 Å². The van der Waals surface area contributed by atoms with Crippen LogP contribution in [0.3, 0.4) is 0 Å². The zero-order valence-electron chi connectivity index (χ0n) is 12.7. The summed E-state index contributed by atoms with van der Waals surface area (Å²) in [7, 11) is 0. The summed E-state index contributed by atoms with van der Waals surface area (Å²) in [5, 5.41) is 0. The number of benzene rings is 1. The van der Waals surface area contributed by atoms with Crippen molar-refractivity contribution in [3.63, 3.8) is 0 Å². The smallest absolute Gasteiger partial charge is 0.126 e. The van der Waals surface area contributed by atoms with Crippen molar-refractivity contribution < 1.29 is 4.74 Å². The number of rotatable bonds is 2. The second-order valence-corrected chi connectivity index (χ2v) is 6.49. The highest BCUT2D eigenvalue weighted by Gasteiger charge is 2.39. The van der Waals surface area contributed by atoms with Crippen LogP contribution in [0.5, 0.6) is 5.75 Å². The zero-order valence-corrected chi connectivity index (χ0v) is 12.7. The molecule has 20 heavy (non-hydrogen) atoms. The summed E-state index contributed by atoms with van der Waals surface area (Å²) < 4.78 is 6.51. The molecule has 0 bridgehead atoms. The highest BCUT2D eigenvalue weighted by Crippen LogP contribution is 2.41. The summed E-state index contributed by atoms with van der Waals surface area (Å²) >= 11 is 0. The van der Waals surface area contributed by atoms with Crippen LogP contribution in [0, 0.1) is 13.8 Å². The van der Waals surface area contributed by atoms with Gasteiger partial charge in [-0.25, -0.2) is 0 Å². The lowest BCUT2D eigenvalue weighted by Crippen LogP contribution is -2.50. The summed E-state index contributed by atoms with van der Waals surface area (Å²) in [4.78, 5) is 2.46. The van der Waals surface area contributed by atoms with Crippen molar-refractivity contribution in [2.45, 2.75) is 45.1 Å². The van der Waals surface area contributed by atoms with Crippen molar-refractivity contribution in [2.24, 2.45) is 5.73 Å². The van der Waals surface area contributed by atoms with E-state index in [1.807, 2.05) is 0 Å². The molecule has 110 valence electrons. The lowest BCUT2D eigenvalue weighted by Gasteiger charge is -2.45. The number of hydrogen-bond acceptors (Lipinski definition) is 3. The molecule has 0 saturated carbocycles. The second kappa shape index (κ2) is 5.38. The molecule has 2 N–H and O–H groups in total. The third kappa shape index (κ3) is 2.57. The first-order chi connectivity index (χ1) is 9.62. The second-order valence-electron chi connectivity index (χ2n) is 6.49. The van der Waals surface area contributed by atoms with Crippen molar-refractivity contribution in [2.75, 3.05) is 26.2 Å². The minimum atomic E-state index is 0.0815. The summed E-state index contributed by atoms with van der Waals surface area (Å²) in [5.41, 5.74) is 9.78. The number of ether oxygens (including phenoxy) is 1. The molecule has 1 fully saturated rings. The molecule has 1 spiro atoms. The number of fused-ring (bicyclic) bond motifs is 1. The fourth-order valence-corrected chi connectivity index (χ4v) is 3.72. The number of likely N-dealkylation sites (tertiary alicyclic amines) is 1. The molecule has 0 atom stereocenters. The number of nitrogens with zero attached hydrogens (tertiary/aromatic N) is 1. The van der Waals surface area contributed by atoms with Crippen molar-refractivity contribution in [3.05, 3.63) is 28.8 Å². The Labute approximate surface area is 122 Å². The van der Waals surface area contributed by atoms with Crippen LogP contribution in [0.15, 0.2) is 12.1 Å². The van der Waals surface area contributed by atoms with Crippen LogP contribution in [0.25, 0.3) is 0 Å². The SMILES string of the molecule is Cc1cc(C)c2c(c1)CCC1(CCN(CCN)CC1)O2. The lowest BCUT2D eigenvalue weighted by molar-refractivity contribution is -0.0142. The Bertz CT molecular complexity index is 490. The first-order valence-electron chi connectivity index (χ1n) is 7.83.